The Morgan fingerprint density at radius 2 is 1.67 bits per heavy atom. The number of carbonyl (C=O) groups excluding carboxylic acids is 1. The Morgan fingerprint density at radius 3 is 2.26 bits per heavy atom. The summed E-state index contributed by atoms with van der Waals surface area (Å²) in [4.78, 5) is 18.0. The number of benzene rings is 2. The van der Waals surface area contributed by atoms with E-state index in [4.69, 9.17) is 4.74 Å². The first-order valence-corrected chi connectivity index (χ1v) is 9.31. The highest BCUT2D eigenvalue weighted by Crippen LogP contribution is 2.19. The molecule has 1 fully saturated rings. The molecule has 1 unspecified atom stereocenters. The third kappa shape index (κ3) is 5.14. The van der Waals surface area contributed by atoms with Crippen LogP contribution in [0.1, 0.15) is 5.56 Å². The number of quaternary nitrogens is 1. The second kappa shape index (κ2) is 8.77. The number of carbonyl (C=O) groups is 1. The number of aromatic hydroxyl groups is 1. The molecule has 1 atom stereocenters. The van der Waals surface area contributed by atoms with Crippen molar-refractivity contribution in [1.82, 2.24) is 4.90 Å². The lowest BCUT2D eigenvalue weighted by Crippen LogP contribution is -3.09. The van der Waals surface area contributed by atoms with Crippen LogP contribution in [0.25, 0.3) is 0 Å². The van der Waals surface area contributed by atoms with Gasteiger partial charge in [0.25, 0.3) is 5.91 Å². The first-order valence-electron chi connectivity index (χ1n) is 9.31. The highest BCUT2D eigenvalue weighted by atomic mass is 16.5. The minimum Gasteiger partial charge on any atom is -0.508 e. The average molecular weight is 370 g/mol. The number of nitrogens with zero attached hydrogens (tertiary/aromatic N) is 2. The fourth-order valence-electron chi connectivity index (χ4n) is 3.40. The van der Waals surface area contributed by atoms with Crippen molar-refractivity contribution in [2.45, 2.75) is 6.54 Å². The molecular weight excluding hydrogens is 342 g/mol. The maximum atomic E-state index is 12.6. The number of likely N-dealkylation sites (N-methyl/N-ethyl adjacent to an activating group) is 1. The maximum Gasteiger partial charge on any atom is 0.277 e. The Balaban J connectivity index is 1.46. The predicted octanol–water partition coefficient (Wildman–Crippen LogP) is 0.764. The van der Waals surface area contributed by atoms with Crippen LogP contribution in [0.4, 0.5) is 5.69 Å². The van der Waals surface area contributed by atoms with Crippen molar-refractivity contribution >= 4 is 11.6 Å². The molecule has 0 spiro atoms. The van der Waals surface area contributed by atoms with Crippen molar-refractivity contribution in [1.29, 1.82) is 0 Å². The molecule has 0 aliphatic carbocycles. The van der Waals surface area contributed by atoms with Crippen molar-refractivity contribution in [3.05, 3.63) is 54.1 Å². The number of hydrogen-bond donors (Lipinski definition) is 2. The summed E-state index contributed by atoms with van der Waals surface area (Å²) in [5.41, 5.74) is 2.28. The van der Waals surface area contributed by atoms with E-state index in [0.717, 1.165) is 44.2 Å². The normalized spacial score (nSPS) is 15.5. The SMILES string of the molecule is COc1ccc(C[NH+](C)CC(=O)N2CCN(c3ccc(O)cc3)CC2)cc1. The number of ether oxygens (including phenoxy) is 1. The predicted molar refractivity (Wildman–Crippen MR) is 105 cm³/mol. The van der Waals surface area contributed by atoms with Gasteiger partial charge in [0.1, 0.15) is 18.0 Å². The first kappa shape index (κ1) is 19.0. The van der Waals surface area contributed by atoms with E-state index in [1.54, 1.807) is 19.2 Å². The van der Waals surface area contributed by atoms with Gasteiger partial charge < -0.3 is 24.5 Å². The fourth-order valence-corrected chi connectivity index (χ4v) is 3.40. The molecular formula is C21H28N3O3+. The molecule has 0 aromatic heterocycles. The van der Waals surface area contributed by atoms with Gasteiger partial charge in [0, 0.05) is 37.4 Å². The van der Waals surface area contributed by atoms with Gasteiger partial charge in [-0.15, -0.1) is 0 Å². The number of nitrogens with one attached hydrogen (secondary N) is 1. The van der Waals surface area contributed by atoms with Crippen LogP contribution in [0.15, 0.2) is 48.5 Å². The van der Waals surface area contributed by atoms with Gasteiger partial charge in [0.15, 0.2) is 6.54 Å². The lowest BCUT2D eigenvalue weighted by Gasteiger charge is -2.36. The van der Waals surface area contributed by atoms with Crippen LogP contribution in [-0.4, -0.2) is 62.8 Å². The topological polar surface area (TPSA) is 57.5 Å². The summed E-state index contributed by atoms with van der Waals surface area (Å²) in [6, 6.07) is 15.2. The van der Waals surface area contributed by atoms with Crippen LogP contribution >= 0.6 is 0 Å². The minimum absolute atomic E-state index is 0.200. The zero-order valence-corrected chi connectivity index (χ0v) is 16.0. The summed E-state index contributed by atoms with van der Waals surface area (Å²) in [5, 5.41) is 9.41. The van der Waals surface area contributed by atoms with E-state index >= 15 is 0 Å². The molecule has 27 heavy (non-hydrogen) atoms. The molecule has 144 valence electrons. The van der Waals surface area contributed by atoms with Crippen molar-refractivity contribution in [3.8, 4) is 11.5 Å². The van der Waals surface area contributed by atoms with E-state index in [9.17, 15) is 9.90 Å². The fraction of sp³-hybridized carbons (Fsp3) is 0.381. The van der Waals surface area contributed by atoms with E-state index in [-0.39, 0.29) is 11.7 Å². The van der Waals surface area contributed by atoms with Crippen LogP contribution in [-0.2, 0) is 11.3 Å². The zero-order chi connectivity index (χ0) is 19.2. The third-order valence-corrected chi connectivity index (χ3v) is 4.97. The van der Waals surface area contributed by atoms with Gasteiger partial charge in [-0.1, -0.05) is 0 Å². The number of hydrogen-bond acceptors (Lipinski definition) is 4. The van der Waals surface area contributed by atoms with Crippen molar-refractivity contribution < 1.29 is 19.5 Å². The van der Waals surface area contributed by atoms with Gasteiger partial charge in [0.2, 0.25) is 0 Å². The molecule has 0 saturated carbocycles. The Hall–Kier alpha value is -2.73. The first-order chi connectivity index (χ1) is 13.0. The van der Waals surface area contributed by atoms with Crippen LogP contribution in [0.2, 0.25) is 0 Å². The molecule has 2 aromatic rings. The highest BCUT2D eigenvalue weighted by Gasteiger charge is 2.23. The van der Waals surface area contributed by atoms with Crippen LogP contribution in [0, 0.1) is 0 Å². The molecule has 1 aliphatic heterocycles. The molecule has 1 saturated heterocycles. The minimum atomic E-state index is 0.200. The lowest BCUT2D eigenvalue weighted by molar-refractivity contribution is -0.885. The number of piperazine rings is 1. The summed E-state index contributed by atoms with van der Waals surface area (Å²) in [7, 11) is 3.71. The van der Waals surface area contributed by atoms with Crippen LogP contribution < -0.4 is 14.5 Å². The monoisotopic (exact) mass is 370 g/mol. The molecule has 2 N–H and O–H groups in total. The Labute approximate surface area is 160 Å². The molecule has 1 aliphatic rings. The van der Waals surface area contributed by atoms with E-state index < -0.39 is 0 Å². The molecule has 1 amide bonds. The number of methoxy groups -OCH3 is 1. The zero-order valence-electron chi connectivity index (χ0n) is 16.0. The molecule has 1 heterocycles. The second-order valence-corrected chi connectivity index (χ2v) is 7.04. The molecule has 6 heteroatoms. The van der Waals surface area contributed by atoms with Crippen LogP contribution in [0.3, 0.4) is 0 Å². The highest BCUT2D eigenvalue weighted by molar-refractivity contribution is 5.77. The summed E-state index contributed by atoms with van der Waals surface area (Å²) < 4.78 is 5.18. The van der Waals surface area contributed by atoms with Crippen molar-refractivity contribution in [2.24, 2.45) is 0 Å². The number of rotatable bonds is 6. The van der Waals surface area contributed by atoms with Gasteiger partial charge in [0.05, 0.1) is 14.2 Å². The van der Waals surface area contributed by atoms with Gasteiger partial charge in [-0.25, -0.2) is 0 Å². The quantitative estimate of drug-likeness (QED) is 0.789. The second-order valence-electron chi connectivity index (χ2n) is 7.04. The lowest BCUT2D eigenvalue weighted by atomic mass is 10.2. The Morgan fingerprint density at radius 1 is 1.04 bits per heavy atom. The summed E-state index contributed by atoms with van der Waals surface area (Å²) >= 11 is 0. The largest absolute Gasteiger partial charge is 0.508 e. The molecule has 0 radical (unpaired) electrons. The molecule has 3 rings (SSSR count). The van der Waals surface area contributed by atoms with E-state index in [0.29, 0.717) is 6.54 Å². The van der Waals surface area contributed by atoms with Crippen LogP contribution in [0.5, 0.6) is 11.5 Å². The number of anilines is 1. The van der Waals surface area contributed by atoms with Gasteiger partial charge in [-0.05, 0) is 48.5 Å². The molecule has 0 bridgehead atoms. The van der Waals surface area contributed by atoms with E-state index in [1.165, 1.54) is 10.5 Å². The Bertz CT molecular complexity index is 738. The number of phenols is 1. The van der Waals surface area contributed by atoms with Gasteiger partial charge >= 0.3 is 0 Å². The maximum absolute atomic E-state index is 12.6. The smallest absolute Gasteiger partial charge is 0.277 e. The number of phenolic OH excluding ortho intramolecular Hbond substituents is 1. The van der Waals surface area contributed by atoms with Gasteiger partial charge in [-0.2, -0.15) is 0 Å². The Kier molecular flexibility index (Phi) is 6.19. The van der Waals surface area contributed by atoms with Crippen molar-refractivity contribution in [2.75, 3.05) is 51.8 Å². The summed E-state index contributed by atoms with van der Waals surface area (Å²) in [6.45, 7) is 4.39. The number of amides is 1. The van der Waals surface area contributed by atoms with E-state index in [1.807, 2.05) is 41.3 Å². The standard InChI is InChI=1S/C21H27N3O3/c1-22(15-17-3-9-20(27-2)10-4-17)16-21(26)24-13-11-23(12-14-24)18-5-7-19(25)8-6-18/h3-10,25H,11-16H2,1-2H3/p+1. The third-order valence-electron chi connectivity index (χ3n) is 4.97. The summed E-state index contributed by atoms with van der Waals surface area (Å²) in [6.07, 6.45) is 0. The van der Waals surface area contributed by atoms with Gasteiger partial charge in [-0.3, -0.25) is 4.79 Å². The van der Waals surface area contributed by atoms with E-state index in [2.05, 4.69) is 11.9 Å². The molecule has 6 nitrogen and oxygen atoms in total. The average Bonchev–Trinajstić information content (AvgIpc) is 2.69. The molecule has 2 aromatic carbocycles. The van der Waals surface area contributed by atoms with Crippen molar-refractivity contribution in [3.63, 3.8) is 0 Å². The summed E-state index contributed by atoms with van der Waals surface area (Å²) in [5.74, 6) is 1.32.